The van der Waals surface area contributed by atoms with Crippen LogP contribution in [0.2, 0.25) is 0 Å². The van der Waals surface area contributed by atoms with E-state index in [4.69, 9.17) is 0 Å². The molecule has 0 spiro atoms. The van der Waals surface area contributed by atoms with Gasteiger partial charge in [-0.15, -0.1) is 0 Å². The zero-order valence-corrected chi connectivity index (χ0v) is 13.9. The summed E-state index contributed by atoms with van der Waals surface area (Å²) in [5.74, 6) is -1.49. The average molecular weight is 345 g/mol. The smallest absolute Gasteiger partial charge is 0.337 e. The number of anilines is 1. The van der Waals surface area contributed by atoms with Gasteiger partial charge in [-0.2, -0.15) is 5.26 Å². The molecular weight excluding hydrogens is 330 g/mol. The second-order valence-corrected chi connectivity index (χ2v) is 5.69. The molecule has 26 heavy (non-hydrogen) atoms. The Labute approximate surface area is 149 Å². The van der Waals surface area contributed by atoms with E-state index in [9.17, 15) is 20.0 Å². The third-order valence-corrected chi connectivity index (χ3v) is 3.87. The maximum absolute atomic E-state index is 11.4. The van der Waals surface area contributed by atoms with Crippen molar-refractivity contribution in [3.8, 4) is 22.9 Å². The molecule has 2 N–H and O–H groups in total. The summed E-state index contributed by atoms with van der Waals surface area (Å²) in [5, 5.41) is 21.2. The molecule has 128 valence electrons. The maximum atomic E-state index is 11.4. The summed E-state index contributed by atoms with van der Waals surface area (Å²) in [6.45, 7) is 1.31. The largest absolute Gasteiger partial charge is 0.478 e. The van der Waals surface area contributed by atoms with Crippen molar-refractivity contribution in [3.63, 3.8) is 0 Å². The Bertz CT molecular complexity index is 1030. The highest BCUT2D eigenvalue weighted by Gasteiger charge is 2.14. The molecule has 0 bridgehead atoms. The molecule has 0 radical (unpaired) electrons. The normalized spacial score (nSPS) is 10.2. The van der Waals surface area contributed by atoms with Gasteiger partial charge in [-0.1, -0.05) is 30.3 Å². The Morgan fingerprint density at radius 3 is 2.46 bits per heavy atom. The first-order valence-electron chi connectivity index (χ1n) is 7.82. The van der Waals surface area contributed by atoms with E-state index >= 15 is 0 Å². The van der Waals surface area contributed by atoms with Gasteiger partial charge in [0.1, 0.15) is 6.07 Å². The van der Waals surface area contributed by atoms with E-state index in [1.54, 1.807) is 29.1 Å². The number of aromatic nitrogens is 1. The minimum Gasteiger partial charge on any atom is -0.478 e. The van der Waals surface area contributed by atoms with Crippen LogP contribution in [-0.4, -0.2) is 21.6 Å². The van der Waals surface area contributed by atoms with Crippen molar-refractivity contribution < 1.29 is 14.7 Å². The predicted molar refractivity (Wildman–Crippen MR) is 97.2 cm³/mol. The lowest BCUT2D eigenvalue weighted by Crippen LogP contribution is -2.11. The van der Waals surface area contributed by atoms with Gasteiger partial charge in [0.2, 0.25) is 5.91 Å². The first-order chi connectivity index (χ1) is 12.5. The second-order valence-electron chi connectivity index (χ2n) is 5.69. The number of carboxylic acid groups (broad SMARTS) is 1. The van der Waals surface area contributed by atoms with Gasteiger partial charge in [-0.3, -0.25) is 4.79 Å². The summed E-state index contributed by atoms with van der Waals surface area (Å²) in [6, 6.07) is 16.3. The molecule has 0 fully saturated rings. The number of nitrogens with one attached hydrogen (secondary N) is 1. The zero-order chi connectivity index (χ0) is 18.7. The van der Waals surface area contributed by atoms with Gasteiger partial charge in [0.05, 0.1) is 16.8 Å². The van der Waals surface area contributed by atoms with Gasteiger partial charge < -0.3 is 15.0 Å². The molecule has 0 saturated carbocycles. The first-order valence-corrected chi connectivity index (χ1v) is 7.82. The van der Waals surface area contributed by atoms with Crippen molar-refractivity contribution >= 4 is 17.6 Å². The monoisotopic (exact) mass is 345 g/mol. The molecule has 0 aliphatic rings. The van der Waals surface area contributed by atoms with Crippen molar-refractivity contribution in [2.75, 3.05) is 5.32 Å². The molecule has 3 aromatic rings. The zero-order valence-electron chi connectivity index (χ0n) is 13.9. The minimum absolute atomic E-state index is 0.0000966. The fourth-order valence-electron chi connectivity index (χ4n) is 2.71. The number of aromatic carboxylic acids is 1. The Hall–Kier alpha value is -3.85. The lowest BCUT2D eigenvalue weighted by molar-refractivity contribution is -0.114. The molecule has 0 aliphatic heterocycles. The Morgan fingerprint density at radius 2 is 1.85 bits per heavy atom. The van der Waals surface area contributed by atoms with E-state index in [1.165, 1.54) is 13.0 Å². The minimum atomic E-state index is -1.13. The van der Waals surface area contributed by atoms with Crippen molar-refractivity contribution in [2.24, 2.45) is 0 Å². The molecule has 1 heterocycles. The third kappa shape index (κ3) is 3.32. The molecular formula is C20H15N3O3. The van der Waals surface area contributed by atoms with Crippen LogP contribution in [0.1, 0.15) is 22.8 Å². The van der Waals surface area contributed by atoms with Crippen LogP contribution in [-0.2, 0) is 4.79 Å². The first kappa shape index (κ1) is 17.0. The van der Waals surface area contributed by atoms with Crippen LogP contribution < -0.4 is 5.32 Å². The molecule has 6 heteroatoms. The van der Waals surface area contributed by atoms with Crippen LogP contribution in [0.15, 0.2) is 60.9 Å². The number of carbonyl (C=O) groups is 2. The number of rotatable bonds is 4. The number of hydrogen-bond donors (Lipinski definition) is 2. The summed E-state index contributed by atoms with van der Waals surface area (Å²) < 4.78 is 1.73. The van der Waals surface area contributed by atoms with Crippen molar-refractivity contribution in [3.05, 3.63) is 72.1 Å². The molecule has 0 unspecified atom stereocenters. The predicted octanol–water partition coefficient (Wildman–Crippen LogP) is 3.67. The molecule has 0 atom stereocenters. The van der Waals surface area contributed by atoms with E-state index in [0.717, 1.165) is 11.1 Å². The van der Waals surface area contributed by atoms with Crippen molar-refractivity contribution in [1.82, 2.24) is 4.57 Å². The molecule has 1 amide bonds. The lowest BCUT2D eigenvalue weighted by Gasteiger charge is -2.10. The molecule has 0 aliphatic carbocycles. The van der Waals surface area contributed by atoms with Crippen LogP contribution in [0.25, 0.3) is 16.8 Å². The topological polar surface area (TPSA) is 95.1 Å². The molecule has 3 rings (SSSR count). The van der Waals surface area contributed by atoms with Crippen LogP contribution in [0, 0.1) is 11.3 Å². The number of hydrogen-bond acceptors (Lipinski definition) is 3. The van der Waals surface area contributed by atoms with Crippen LogP contribution >= 0.6 is 0 Å². The summed E-state index contributed by atoms with van der Waals surface area (Å²) >= 11 is 0. The number of nitriles is 1. The van der Waals surface area contributed by atoms with E-state index in [0.29, 0.717) is 11.3 Å². The SMILES string of the molecule is CC(=O)Nc1cc(-n2cc(C#N)c(-c3ccccc3)c2)ccc1C(=O)O. The van der Waals surface area contributed by atoms with E-state index in [2.05, 4.69) is 11.4 Å². The highest BCUT2D eigenvalue weighted by molar-refractivity contribution is 6.00. The Kier molecular flexibility index (Phi) is 4.54. The van der Waals surface area contributed by atoms with E-state index in [-0.39, 0.29) is 17.2 Å². The van der Waals surface area contributed by atoms with E-state index in [1.807, 2.05) is 30.3 Å². The van der Waals surface area contributed by atoms with Gasteiger partial charge in [0, 0.05) is 30.6 Å². The highest BCUT2D eigenvalue weighted by Crippen LogP contribution is 2.28. The molecule has 6 nitrogen and oxygen atoms in total. The fraction of sp³-hybridized carbons (Fsp3) is 0.0500. The quantitative estimate of drug-likeness (QED) is 0.754. The van der Waals surface area contributed by atoms with E-state index < -0.39 is 5.97 Å². The lowest BCUT2D eigenvalue weighted by atomic mass is 10.1. The van der Waals surface area contributed by atoms with Gasteiger partial charge in [-0.25, -0.2) is 4.79 Å². The van der Waals surface area contributed by atoms with Crippen molar-refractivity contribution in [2.45, 2.75) is 6.92 Å². The number of amides is 1. The third-order valence-electron chi connectivity index (χ3n) is 3.87. The number of carbonyl (C=O) groups excluding carboxylic acids is 1. The standard InChI is InChI=1S/C20H15N3O3/c1-13(24)22-19-9-16(7-8-17(19)20(25)26)23-11-15(10-21)18(12-23)14-5-3-2-4-6-14/h2-9,11-12H,1H3,(H,22,24)(H,25,26). The molecule has 2 aromatic carbocycles. The van der Waals surface area contributed by atoms with Gasteiger partial charge >= 0.3 is 5.97 Å². The Morgan fingerprint density at radius 1 is 1.12 bits per heavy atom. The van der Waals surface area contributed by atoms with Crippen LogP contribution in [0.4, 0.5) is 5.69 Å². The summed E-state index contributed by atoms with van der Waals surface area (Å²) in [7, 11) is 0. The van der Waals surface area contributed by atoms with Crippen molar-refractivity contribution in [1.29, 1.82) is 5.26 Å². The van der Waals surface area contributed by atoms with Gasteiger partial charge in [0.25, 0.3) is 0 Å². The summed E-state index contributed by atoms with van der Waals surface area (Å²) in [4.78, 5) is 22.7. The maximum Gasteiger partial charge on any atom is 0.337 e. The number of benzene rings is 2. The fourth-order valence-corrected chi connectivity index (χ4v) is 2.71. The Balaban J connectivity index is 2.10. The molecule has 0 saturated heterocycles. The summed E-state index contributed by atoms with van der Waals surface area (Å²) in [5.41, 5.74) is 3.02. The summed E-state index contributed by atoms with van der Waals surface area (Å²) in [6.07, 6.45) is 3.48. The van der Waals surface area contributed by atoms with Gasteiger partial charge in [-0.05, 0) is 23.8 Å². The van der Waals surface area contributed by atoms with Crippen LogP contribution in [0.5, 0.6) is 0 Å². The average Bonchev–Trinajstić information content (AvgIpc) is 3.06. The number of nitrogens with zero attached hydrogens (tertiary/aromatic N) is 2. The highest BCUT2D eigenvalue weighted by atomic mass is 16.4. The second kappa shape index (κ2) is 6.95. The van der Waals surface area contributed by atoms with Crippen LogP contribution in [0.3, 0.4) is 0 Å². The molecule has 1 aromatic heterocycles. The van der Waals surface area contributed by atoms with Gasteiger partial charge in [0.15, 0.2) is 0 Å². The number of carboxylic acids is 1.